The fourth-order valence-corrected chi connectivity index (χ4v) is 2.57. The van der Waals surface area contributed by atoms with Crippen LogP contribution in [-0.4, -0.2) is 20.1 Å². The van der Waals surface area contributed by atoms with Crippen molar-refractivity contribution in [3.05, 3.63) is 59.2 Å². The monoisotopic (exact) mass is 338 g/mol. The zero-order valence-electron chi connectivity index (χ0n) is 14.7. The number of rotatable bonds is 7. The molecule has 0 spiro atoms. The number of aryl methyl sites for hydroxylation is 1. The van der Waals surface area contributed by atoms with E-state index >= 15 is 0 Å². The molecule has 0 aliphatic rings. The largest absolute Gasteiger partial charge is 0.497 e. The molecule has 0 saturated heterocycles. The smallest absolute Gasteiger partial charge is 0.220 e. The Balaban J connectivity index is 1.96. The number of methoxy groups -OCH3 is 2. The zero-order chi connectivity index (χ0) is 18.2. The first-order valence-electron chi connectivity index (χ1n) is 8.07. The summed E-state index contributed by atoms with van der Waals surface area (Å²) in [4.78, 5) is 12.2. The van der Waals surface area contributed by atoms with Crippen molar-refractivity contribution in [1.82, 2.24) is 5.32 Å². The summed E-state index contributed by atoms with van der Waals surface area (Å²) in [6.07, 6.45) is 1.00. The molecule has 0 radical (unpaired) electrons. The van der Waals surface area contributed by atoms with Gasteiger partial charge in [0.25, 0.3) is 0 Å². The molecule has 2 aromatic carbocycles. The van der Waals surface area contributed by atoms with Gasteiger partial charge in [-0.2, -0.15) is 5.26 Å². The van der Waals surface area contributed by atoms with Crippen molar-refractivity contribution in [2.75, 3.05) is 14.2 Å². The number of carbonyl (C=O) groups excluding carboxylic acids is 1. The van der Waals surface area contributed by atoms with Gasteiger partial charge in [-0.1, -0.05) is 12.1 Å². The maximum atomic E-state index is 12.2. The second kappa shape index (κ2) is 8.74. The molecule has 1 N–H and O–H groups in total. The highest BCUT2D eigenvalue weighted by molar-refractivity contribution is 5.76. The number of amides is 1. The summed E-state index contributed by atoms with van der Waals surface area (Å²) >= 11 is 0. The van der Waals surface area contributed by atoms with Gasteiger partial charge in [0.1, 0.15) is 11.5 Å². The molecule has 0 fully saturated rings. The molecular formula is C20H22N2O3. The quantitative estimate of drug-likeness (QED) is 0.840. The van der Waals surface area contributed by atoms with Crippen molar-refractivity contribution in [2.45, 2.75) is 25.8 Å². The predicted molar refractivity (Wildman–Crippen MR) is 95.6 cm³/mol. The van der Waals surface area contributed by atoms with Crippen LogP contribution < -0.4 is 14.8 Å². The van der Waals surface area contributed by atoms with E-state index in [1.165, 1.54) is 0 Å². The number of ether oxygens (including phenoxy) is 2. The van der Waals surface area contributed by atoms with Crippen molar-refractivity contribution >= 4 is 5.91 Å². The SMILES string of the molecule is COc1ccc(OC)c(C(C)NC(=O)CCc2ccc(C#N)cc2)c1. The van der Waals surface area contributed by atoms with Crippen molar-refractivity contribution in [3.8, 4) is 17.6 Å². The summed E-state index contributed by atoms with van der Waals surface area (Å²) in [7, 11) is 3.21. The number of hydrogen-bond acceptors (Lipinski definition) is 4. The van der Waals surface area contributed by atoms with Crippen LogP contribution in [0.3, 0.4) is 0 Å². The molecule has 1 atom stereocenters. The molecule has 5 nitrogen and oxygen atoms in total. The molecule has 1 amide bonds. The highest BCUT2D eigenvalue weighted by Gasteiger charge is 2.15. The normalized spacial score (nSPS) is 11.3. The molecule has 130 valence electrons. The minimum atomic E-state index is -0.196. The van der Waals surface area contributed by atoms with Crippen LogP contribution in [0, 0.1) is 11.3 Å². The van der Waals surface area contributed by atoms with E-state index in [4.69, 9.17) is 14.7 Å². The van der Waals surface area contributed by atoms with E-state index in [-0.39, 0.29) is 11.9 Å². The van der Waals surface area contributed by atoms with E-state index in [2.05, 4.69) is 11.4 Å². The molecule has 0 aliphatic heterocycles. The van der Waals surface area contributed by atoms with Crippen molar-refractivity contribution in [1.29, 1.82) is 5.26 Å². The van der Waals surface area contributed by atoms with Gasteiger partial charge < -0.3 is 14.8 Å². The van der Waals surface area contributed by atoms with Crippen molar-refractivity contribution in [2.24, 2.45) is 0 Å². The molecule has 2 rings (SSSR count). The van der Waals surface area contributed by atoms with Gasteiger partial charge in [-0.15, -0.1) is 0 Å². The van der Waals surface area contributed by atoms with Crippen LogP contribution in [0.1, 0.15) is 36.1 Å². The number of carbonyl (C=O) groups is 1. The molecule has 0 aromatic heterocycles. The van der Waals surface area contributed by atoms with E-state index in [9.17, 15) is 4.79 Å². The van der Waals surface area contributed by atoms with E-state index in [0.29, 0.717) is 24.2 Å². The Morgan fingerprint density at radius 2 is 1.88 bits per heavy atom. The lowest BCUT2D eigenvalue weighted by molar-refractivity contribution is -0.121. The fraction of sp³-hybridized carbons (Fsp3) is 0.300. The van der Waals surface area contributed by atoms with Gasteiger partial charge in [0.2, 0.25) is 5.91 Å². The Kier molecular flexibility index (Phi) is 6.41. The minimum Gasteiger partial charge on any atom is -0.497 e. The number of nitriles is 1. The molecule has 1 unspecified atom stereocenters. The highest BCUT2D eigenvalue weighted by Crippen LogP contribution is 2.29. The van der Waals surface area contributed by atoms with E-state index in [0.717, 1.165) is 16.9 Å². The molecule has 25 heavy (non-hydrogen) atoms. The Morgan fingerprint density at radius 3 is 2.48 bits per heavy atom. The Bertz CT molecular complexity index is 764. The molecule has 0 saturated carbocycles. The topological polar surface area (TPSA) is 71.3 Å². The van der Waals surface area contributed by atoms with Crippen LogP contribution >= 0.6 is 0 Å². The third-order valence-electron chi connectivity index (χ3n) is 4.00. The average molecular weight is 338 g/mol. The van der Waals surface area contributed by atoms with Crippen LogP contribution in [0.2, 0.25) is 0 Å². The number of hydrogen-bond donors (Lipinski definition) is 1. The standard InChI is InChI=1S/C20H22N2O3/c1-14(18-12-17(24-2)9-10-19(18)25-3)22-20(23)11-8-15-4-6-16(13-21)7-5-15/h4-7,9-10,12,14H,8,11H2,1-3H3,(H,22,23). The van der Waals surface area contributed by atoms with Crippen LogP contribution in [-0.2, 0) is 11.2 Å². The molecule has 2 aromatic rings. The second-order valence-electron chi connectivity index (χ2n) is 5.71. The predicted octanol–water partition coefficient (Wildman–Crippen LogP) is 3.39. The summed E-state index contributed by atoms with van der Waals surface area (Å²) in [6.45, 7) is 1.91. The number of nitrogens with one attached hydrogen (secondary N) is 1. The number of nitrogens with zero attached hydrogens (tertiary/aromatic N) is 1. The summed E-state index contributed by atoms with van der Waals surface area (Å²) in [6, 6.07) is 14.7. The Labute approximate surface area is 148 Å². The molecule has 0 heterocycles. The van der Waals surface area contributed by atoms with E-state index < -0.39 is 0 Å². The maximum absolute atomic E-state index is 12.2. The van der Waals surface area contributed by atoms with Crippen LogP contribution in [0.15, 0.2) is 42.5 Å². The molecule has 5 heteroatoms. The molecule has 0 bridgehead atoms. The van der Waals surface area contributed by atoms with Crippen molar-refractivity contribution in [3.63, 3.8) is 0 Å². The summed E-state index contributed by atoms with van der Waals surface area (Å²) in [5.41, 5.74) is 2.52. The minimum absolute atomic E-state index is 0.0401. The highest BCUT2D eigenvalue weighted by atomic mass is 16.5. The molecular weight excluding hydrogens is 316 g/mol. The van der Waals surface area contributed by atoms with Gasteiger partial charge >= 0.3 is 0 Å². The Hall–Kier alpha value is -3.00. The summed E-state index contributed by atoms with van der Waals surface area (Å²) in [5, 5.41) is 11.8. The van der Waals surface area contributed by atoms with Gasteiger partial charge in [0, 0.05) is 12.0 Å². The first kappa shape index (κ1) is 18.3. The van der Waals surface area contributed by atoms with E-state index in [1.54, 1.807) is 26.4 Å². The first-order chi connectivity index (χ1) is 12.1. The van der Waals surface area contributed by atoms with Gasteiger partial charge in [-0.3, -0.25) is 4.79 Å². The summed E-state index contributed by atoms with van der Waals surface area (Å²) < 4.78 is 10.6. The summed E-state index contributed by atoms with van der Waals surface area (Å²) in [5.74, 6) is 1.39. The third kappa shape index (κ3) is 4.98. The van der Waals surface area contributed by atoms with E-state index in [1.807, 2.05) is 37.3 Å². The third-order valence-corrected chi connectivity index (χ3v) is 4.00. The second-order valence-corrected chi connectivity index (χ2v) is 5.71. The van der Waals surface area contributed by atoms with Crippen LogP contribution in [0.25, 0.3) is 0 Å². The zero-order valence-corrected chi connectivity index (χ0v) is 14.7. The number of benzene rings is 2. The fourth-order valence-electron chi connectivity index (χ4n) is 2.57. The average Bonchev–Trinajstić information content (AvgIpc) is 2.66. The van der Waals surface area contributed by atoms with Gasteiger partial charge in [0.15, 0.2) is 0 Å². The first-order valence-corrected chi connectivity index (χ1v) is 8.07. The Morgan fingerprint density at radius 1 is 1.16 bits per heavy atom. The molecule has 0 aliphatic carbocycles. The lowest BCUT2D eigenvalue weighted by Gasteiger charge is -2.18. The van der Waals surface area contributed by atoms with Gasteiger partial charge in [-0.25, -0.2) is 0 Å². The van der Waals surface area contributed by atoms with Gasteiger partial charge in [-0.05, 0) is 49.2 Å². The lowest BCUT2D eigenvalue weighted by atomic mass is 10.0. The van der Waals surface area contributed by atoms with Crippen LogP contribution in [0.5, 0.6) is 11.5 Å². The van der Waals surface area contributed by atoms with Crippen molar-refractivity contribution < 1.29 is 14.3 Å². The van der Waals surface area contributed by atoms with Gasteiger partial charge in [0.05, 0.1) is 31.9 Å². The maximum Gasteiger partial charge on any atom is 0.220 e. The van der Waals surface area contributed by atoms with Crippen LogP contribution in [0.4, 0.5) is 0 Å². The lowest BCUT2D eigenvalue weighted by Crippen LogP contribution is -2.27.